The molecule has 8 heteroatoms. The lowest BCUT2D eigenvalue weighted by molar-refractivity contribution is -0.0820. The van der Waals surface area contributed by atoms with E-state index in [4.69, 9.17) is 4.98 Å². The van der Waals surface area contributed by atoms with Crippen LogP contribution in [-0.4, -0.2) is 56.2 Å². The van der Waals surface area contributed by atoms with Crippen LogP contribution in [0, 0.1) is 0 Å². The van der Waals surface area contributed by atoms with Crippen LogP contribution in [0.1, 0.15) is 37.3 Å². The van der Waals surface area contributed by atoms with Gasteiger partial charge in [0.1, 0.15) is 17.2 Å². The van der Waals surface area contributed by atoms with Crippen molar-refractivity contribution in [2.45, 2.75) is 44.4 Å². The monoisotopic (exact) mass is 410 g/mol. The van der Waals surface area contributed by atoms with Crippen LogP contribution in [0.15, 0.2) is 42.6 Å². The molecule has 1 aromatic carbocycles. The maximum Gasteiger partial charge on any atom is 0.163 e. The minimum atomic E-state index is -1.18. The summed E-state index contributed by atoms with van der Waals surface area (Å²) in [6.45, 7) is 6.17. The normalized spacial score (nSPS) is 21.8. The summed E-state index contributed by atoms with van der Waals surface area (Å²) in [6, 6.07) is 12.1. The number of rotatable bonds is 7. The first kappa shape index (κ1) is 20.6. The van der Waals surface area contributed by atoms with E-state index in [0.29, 0.717) is 31.9 Å². The SMILES string of the molecule is CC(C)c1cnn2c(NCc3ccccc3)cc(NC[C@@]3(O)CCNC[C@@H]3O)nc12. The third-order valence-corrected chi connectivity index (χ3v) is 5.71. The average molecular weight is 411 g/mol. The quantitative estimate of drug-likeness (QED) is 0.405. The molecule has 0 saturated carbocycles. The third-order valence-electron chi connectivity index (χ3n) is 5.71. The first-order valence-electron chi connectivity index (χ1n) is 10.5. The average Bonchev–Trinajstić information content (AvgIpc) is 3.18. The molecule has 30 heavy (non-hydrogen) atoms. The van der Waals surface area contributed by atoms with Gasteiger partial charge in [-0.1, -0.05) is 44.2 Å². The number of aliphatic hydroxyl groups excluding tert-OH is 1. The summed E-state index contributed by atoms with van der Waals surface area (Å²) < 4.78 is 1.82. The molecule has 0 unspecified atom stereocenters. The van der Waals surface area contributed by atoms with Crippen LogP contribution >= 0.6 is 0 Å². The van der Waals surface area contributed by atoms with Gasteiger partial charge in [-0.25, -0.2) is 4.98 Å². The molecule has 2 aromatic heterocycles. The van der Waals surface area contributed by atoms with Crippen molar-refractivity contribution in [3.05, 3.63) is 53.7 Å². The highest BCUT2D eigenvalue weighted by molar-refractivity contribution is 5.61. The Bertz CT molecular complexity index is 990. The molecule has 0 bridgehead atoms. The highest BCUT2D eigenvalue weighted by atomic mass is 16.3. The zero-order chi connectivity index (χ0) is 21.1. The van der Waals surface area contributed by atoms with Crippen LogP contribution in [0.4, 0.5) is 11.6 Å². The molecule has 0 amide bonds. The molecule has 3 aromatic rings. The van der Waals surface area contributed by atoms with Crippen molar-refractivity contribution in [1.82, 2.24) is 19.9 Å². The van der Waals surface area contributed by atoms with Crippen molar-refractivity contribution < 1.29 is 10.2 Å². The largest absolute Gasteiger partial charge is 0.389 e. The number of hydrogen-bond acceptors (Lipinski definition) is 7. The smallest absolute Gasteiger partial charge is 0.163 e. The van der Waals surface area contributed by atoms with Gasteiger partial charge in [0.25, 0.3) is 0 Å². The van der Waals surface area contributed by atoms with Crippen molar-refractivity contribution >= 4 is 17.3 Å². The maximum atomic E-state index is 10.8. The molecule has 2 atom stereocenters. The minimum absolute atomic E-state index is 0.224. The summed E-state index contributed by atoms with van der Waals surface area (Å²) in [5.41, 5.74) is 1.82. The Morgan fingerprint density at radius 2 is 2.07 bits per heavy atom. The predicted octanol–water partition coefficient (Wildman–Crippen LogP) is 1.96. The number of nitrogens with one attached hydrogen (secondary N) is 3. The summed E-state index contributed by atoms with van der Waals surface area (Å²) >= 11 is 0. The van der Waals surface area contributed by atoms with Crippen LogP contribution in [0.25, 0.3) is 5.65 Å². The Morgan fingerprint density at radius 1 is 1.27 bits per heavy atom. The summed E-state index contributed by atoms with van der Waals surface area (Å²) in [5, 5.41) is 35.4. The lowest BCUT2D eigenvalue weighted by Gasteiger charge is -2.37. The van der Waals surface area contributed by atoms with Gasteiger partial charge in [-0.2, -0.15) is 9.61 Å². The van der Waals surface area contributed by atoms with Gasteiger partial charge in [0.05, 0.1) is 12.3 Å². The molecular weight excluding hydrogens is 380 g/mol. The van der Waals surface area contributed by atoms with Crippen LogP contribution < -0.4 is 16.0 Å². The summed E-state index contributed by atoms with van der Waals surface area (Å²) in [5.74, 6) is 1.73. The van der Waals surface area contributed by atoms with E-state index in [0.717, 1.165) is 17.0 Å². The van der Waals surface area contributed by atoms with E-state index in [9.17, 15) is 10.2 Å². The number of fused-ring (bicyclic) bond motifs is 1. The van der Waals surface area contributed by atoms with Crippen LogP contribution in [0.2, 0.25) is 0 Å². The van der Waals surface area contributed by atoms with Crippen LogP contribution in [0.3, 0.4) is 0 Å². The highest BCUT2D eigenvalue weighted by Crippen LogP contribution is 2.25. The summed E-state index contributed by atoms with van der Waals surface area (Å²) in [6.07, 6.45) is 1.51. The van der Waals surface area contributed by atoms with E-state index < -0.39 is 11.7 Å². The molecule has 4 rings (SSSR count). The summed E-state index contributed by atoms with van der Waals surface area (Å²) in [7, 11) is 0. The zero-order valence-electron chi connectivity index (χ0n) is 17.5. The first-order valence-corrected chi connectivity index (χ1v) is 10.5. The van der Waals surface area contributed by atoms with E-state index in [1.54, 1.807) is 0 Å². The number of benzene rings is 1. The second-order valence-corrected chi connectivity index (χ2v) is 8.28. The Labute approximate surface area is 176 Å². The number of β-amino-alcohol motifs (C(OH)–C–C–N with tert-alkyl or cyclic N) is 1. The third kappa shape index (κ3) is 4.26. The Balaban J connectivity index is 1.61. The number of anilines is 2. The number of aromatic nitrogens is 3. The fourth-order valence-electron chi connectivity index (χ4n) is 3.74. The van der Waals surface area contributed by atoms with E-state index >= 15 is 0 Å². The maximum absolute atomic E-state index is 10.8. The molecule has 0 radical (unpaired) electrons. The van der Waals surface area contributed by atoms with Gasteiger partial charge in [-0.15, -0.1) is 0 Å². The number of nitrogens with zero attached hydrogens (tertiary/aromatic N) is 3. The fourth-order valence-corrected chi connectivity index (χ4v) is 3.74. The van der Waals surface area contributed by atoms with E-state index in [2.05, 4.69) is 47.0 Å². The summed E-state index contributed by atoms with van der Waals surface area (Å²) in [4.78, 5) is 4.75. The molecule has 0 aliphatic carbocycles. The molecule has 1 aliphatic rings. The van der Waals surface area contributed by atoms with E-state index in [1.807, 2.05) is 35.0 Å². The lowest BCUT2D eigenvalue weighted by Crippen LogP contribution is -2.57. The van der Waals surface area contributed by atoms with Crippen molar-refractivity contribution in [2.24, 2.45) is 0 Å². The van der Waals surface area contributed by atoms with Gasteiger partial charge < -0.3 is 26.2 Å². The van der Waals surface area contributed by atoms with Crippen molar-refractivity contribution in [3.8, 4) is 0 Å². The Kier molecular flexibility index (Phi) is 5.90. The predicted molar refractivity (Wildman–Crippen MR) is 118 cm³/mol. The Morgan fingerprint density at radius 3 is 2.80 bits per heavy atom. The molecule has 1 saturated heterocycles. The second kappa shape index (κ2) is 8.59. The van der Waals surface area contributed by atoms with E-state index in [-0.39, 0.29) is 12.5 Å². The van der Waals surface area contributed by atoms with E-state index in [1.165, 1.54) is 5.56 Å². The molecule has 0 spiro atoms. The number of aliphatic hydroxyl groups is 2. The van der Waals surface area contributed by atoms with Gasteiger partial charge in [-0.05, 0) is 24.4 Å². The molecule has 1 aliphatic heterocycles. The number of hydrogen-bond donors (Lipinski definition) is 5. The lowest BCUT2D eigenvalue weighted by atomic mass is 9.89. The number of piperidine rings is 1. The molecule has 3 heterocycles. The highest BCUT2D eigenvalue weighted by Gasteiger charge is 2.37. The standard InChI is InChI=1S/C22H30N6O2/c1-15(2)17-12-26-28-20(24-11-16-6-4-3-5-7-16)10-19(27-21(17)28)25-14-22(30)8-9-23-13-18(22)29/h3-7,10,12,15,18,23-24,29-30H,8-9,11,13-14H2,1-2H3,(H,25,27)/t18-,22-/m0/s1. The molecular formula is C22H30N6O2. The van der Waals surface area contributed by atoms with Crippen molar-refractivity contribution in [2.75, 3.05) is 30.3 Å². The van der Waals surface area contributed by atoms with Crippen LogP contribution in [0.5, 0.6) is 0 Å². The minimum Gasteiger partial charge on any atom is -0.389 e. The van der Waals surface area contributed by atoms with Gasteiger partial charge in [-0.3, -0.25) is 0 Å². The second-order valence-electron chi connectivity index (χ2n) is 8.28. The van der Waals surface area contributed by atoms with Gasteiger partial charge in [0, 0.05) is 31.3 Å². The zero-order valence-corrected chi connectivity index (χ0v) is 17.5. The topological polar surface area (TPSA) is 107 Å². The van der Waals surface area contributed by atoms with Crippen molar-refractivity contribution in [3.63, 3.8) is 0 Å². The van der Waals surface area contributed by atoms with Gasteiger partial charge in [0.15, 0.2) is 5.65 Å². The van der Waals surface area contributed by atoms with Gasteiger partial charge in [0.2, 0.25) is 0 Å². The molecule has 160 valence electrons. The Hall–Kier alpha value is -2.68. The van der Waals surface area contributed by atoms with Gasteiger partial charge >= 0.3 is 0 Å². The van der Waals surface area contributed by atoms with Crippen LogP contribution in [-0.2, 0) is 6.54 Å². The first-order chi connectivity index (χ1) is 14.5. The molecule has 1 fully saturated rings. The fraction of sp³-hybridized carbons (Fsp3) is 0.455. The molecule has 5 N–H and O–H groups in total. The molecule has 8 nitrogen and oxygen atoms in total. The van der Waals surface area contributed by atoms with Crippen molar-refractivity contribution in [1.29, 1.82) is 0 Å².